The molecule has 6 nitrogen and oxygen atoms in total. The first-order valence-electron chi connectivity index (χ1n) is 7.53. The lowest BCUT2D eigenvalue weighted by molar-refractivity contribution is 0.165. The fraction of sp³-hybridized carbons (Fsp3) is 0.786. The molecule has 0 aliphatic carbocycles. The molecule has 1 saturated heterocycles. The van der Waals surface area contributed by atoms with Crippen LogP contribution in [0.5, 0.6) is 0 Å². The van der Waals surface area contributed by atoms with Crippen LogP contribution in [0.3, 0.4) is 0 Å². The molecule has 1 aromatic rings. The second-order valence-electron chi connectivity index (χ2n) is 5.90. The molecule has 120 valence electrons. The number of hydrogen-bond donors (Lipinski definition) is 0. The third kappa shape index (κ3) is 4.52. The Morgan fingerprint density at radius 1 is 1.33 bits per heavy atom. The number of hydrogen-bond acceptors (Lipinski definition) is 5. The quantitative estimate of drug-likeness (QED) is 0.795. The molecule has 7 heteroatoms. The fourth-order valence-corrected chi connectivity index (χ4v) is 4.35. The summed E-state index contributed by atoms with van der Waals surface area (Å²) < 4.78 is 31.4. The van der Waals surface area contributed by atoms with Crippen molar-refractivity contribution in [3.05, 3.63) is 17.5 Å². The molecule has 2 rings (SSSR count). The van der Waals surface area contributed by atoms with Crippen molar-refractivity contribution in [2.75, 3.05) is 31.9 Å². The van der Waals surface area contributed by atoms with Crippen LogP contribution in [0.25, 0.3) is 0 Å². The Hall–Kier alpha value is -0.920. The summed E-state index contributed by atoms with van der Waals surface area (Å²) in [6, 6.07) is 1.92. The molecule has 1 aliphatic heterocycles. The highest BCUT2D eigenvalue weighted by Crippen LogP contribution is 2.15. The van der Waals surface area contributed by atoms with Crippen LogP contribution in [0.15, 0.2) is 10.6 Å². The molecule has 0 N–H and O–H groups in total. The van der Waals surface area contributed by atoms with Gasteiger partial charge in [0, 0.05) is 32.2 Å². The Labute approximate surface area is 127 Å². The predicted molar refractivity (Wildman–Crippen MR) is 81.3 cm³/mol. The minimum absolute atomic E-state index is 0.213. The van der Waals surface area contributed by atoms with Crippen molar-refractivity contribution in [1.29, 1.82) is 0 Å². The Morgan fingerprint density at radius 3 is 2.52 bits per heavy atom. The molecule has 1 unspecified atom stereocenters. The van der Waals surface area contributed by atoms with Gasteiger partial charge in [-0.05, 0) is 12.8 Å². The van der Waals surface area contributed by atoms with Gasteiger partial charge in [-0.15, -0.1) is 0 Å². The lowest BCUT2D eigenvalue weighted by atomic mass is 10.2. The molecule has 0 bridgehead atoms. The maximum Gasteiger partial charge on any atom is 0.214 e. The van der Waals surface area contributed by atoms with E-state index in [1.54, 1.807) is 4.31 Å². The lowest BCUT2D eigenvalue weighted by Crippen LogP contribution is -2.49. The Balaban J connectivity index is 1.85. The van der Waals surface area contributed by atoms with Crippen LogP contribution in [0.4, 0.5) is 0 Å². The van der Waals surface area contributed by atoms with Gasteiger partial charge in [0.25, 0.3) is 0 Å². The minimum atomic E-state index is -3.12. The van der Waals surface area contributed by atoms with Gasteiger partial charge in [-0.1, -0.05) is 25.4 Å². The standard InChI is InChI=1S/C14H25N3O3S/c1-4-12(2)11-21(18,19)17-7-5-16(6-8-17)10-14-9-13(3)15-20-14/h9,12H,4-8,10-11H2,1-3H3. The first-order chi connectivity index (χ1) is 9.90. The van der Waals surface area contributed by atoms with Crippen LogP contribution < -0.4 is 0 Å². The van der Waals surface area contributed by atoms with E-state index in [1.807, 2.05) is 26.8 Å². The van der Waals surface area contributed by atoms with Crippen LogP contribution in [0.2, 0.25) is 0 Å². The van der Waals surface area contributed by atoms with E-state index in [4.69, 9.17) is 4.52 Å². The largest absolute Gasteiger partial charge is 0.360 e. The molecule has 1 fully saturated rings. The summed E-state index contributed by atoms with van der Waals surface area (Å²) >= 11 is 0. The van der Waals surface area contributed by atoms with Crippen molar-refractivity contribution in [2.24, 2.45) is 5.92 Å². The van der Waals surface area contributed by atoms with Gasteiger partial charge in [0.2, 0.25) is 10.0 Å². The van der Waals surface area contributed by atoms with Crippen LogP contribution in [-0.2, 0) is 16.6 Å². The minimum Gasteiger partial charge on any atom is -0.360 e. The summed E-state index contributed by atoms with van der Waals surface area (Å²) in [4.78, 5) is 2.20. The topological polar surface area (TPSA) is 66.7 Å². The molecule has 0 saturated carbocycles. The highest BCUT2D eigenvalue weighted by molar-refractivity contribution is 7.89. The summed E-state index contributed by atoms with van der Waals surface area (Å²) in [5.74, 6) is 1.30. The van der Waals surface area contributed by atoms with Gasteiger partial charge in [0.05, 0.1) is 18.0 Å². The van der Waals surface area contributed by atoms with E-state index in [0.717, 1.165) is 31.0 Å². The van der Waals surface area contributed by atoms with Crippen molar-refractivity contribution < 1.29 is 12.9 Å². The molecule has 1 atom stereocenters. The summed E-state index contributed by atoms with van der Waals surface area (Å²) in [6.07, 6.45) is 0.893. The predicted octanol–water partition coefficient (Wildman–Crippen LogP) is 1.48. The number of rotatable bonds is 6. The zero-order chi connectivity index (χ0) is 15.5. The third-order valence-corrected chi connectivity index (χ3v) is 6.12. The normalized spacial score (nSPS) is 19.8. The molecular formula is C14H25N3O3S. The smallest absolute Gasteiger partial charge is 0.214 e. The maximum absolute atomic E-state index is 12.3. The van der Waals surface area contributed by atoms with E-state index < -0.39 is 10.0 Å². The number of nitrogens with zero attached hydrogens (tertiary/aromatic N) is 3. The maximum atomic E-state index is 12.3. The highest BCUT2D eigenvalue weighted by atomic mass is 32.2. The van der Waals surface area contributed by atoms with Gasteiger partial charge >= 0.3 is 0 Å². The van der Waals surface area contributed by atoms with Crippen LogP contribution in [0.1, 0.15) is 31.7 Å². The van der Waals surface area contributed by atoms with Crippen LogP contribution >= 0.6 is 0 Å². The second kappa shape index (κ2) is 6.89. The first kappa shape index (κ1) is 16.5. The van der Waals surface area contributed by atoms with Crippen molar-refractivity contribution in [2.45, 2.75) is 33.7 Å². The van der Waals surface area contributed by atoms with Crippen molar-refractivity contribution >= 4 is 10.0 Å². The molecule has 2 heterocycles. The fourth-order valence-electron chi connectivity index (χ4n) is 2.46. The SMILES string of the molecule is CCC(C)CS(=O)(=O)N1CCN(Cc2cc(C)no2)CC1. The Bertz CT molecular complexity index is 548. The van der Waals surface area contributed by atoms with Crippen molar-refractivity contribution in [1.82, 2.24) is 14.4 Å². The van der Waals surface area contributed by atoms with E-state index in [2.05, 4.69) is 10.1 Å². The molecule has 1 aliphatic rings. The molecule has 0 amide bonds. The van der Waals surface area contributed by atoms with E-state index in [1.165, 1.54) is 0 Å². The van der Waals surface area contributed by atoms with Gasteiger partial charge in [0.1, 0.15) is 0 Å². The van der Waals surface area contributed by atoms with E-state index >= 15 is 0 Å². The highest BCUT2D eigenvalue weighted by Gasteiger charge is 2.28. The van der Waals surface area contributed by atoms with Gasteiger partial charge in [-0.25, -0.2) is 8.42 Å². The summed E-state index contributed by atoms with van der Waals surface area (Å²) in [6.45, 7) is 9.20. The summed E-state index contributed by atoms with van der Waals surface area (Å²) in [5.41, 5.74) is 0.875. The Morgan fingerprint density at radius 2 is 2.00 bits per heavy atom. The lowest BCUT2D eigenvalue weighted by Gasteiger charge is -2.33. The van der Waals surface area contributed by atoms with Gasteiger partial charge < -0.3 is 4.52 Å². The number of piperazine rings is 1. The number of sulfonamides is 1. The van der Waals surface area contributed by atoms with Gasteiger partial charge in [-0.2, -0.15) is 4.31 Å². The monoisotopic (exact) mass is 315 g/mol. The summed E-state index contributed by atoms with van der Waals surface area (Å²) in [5, 5.41) is 3.87. The van der Waals surface area contributed by atoms with E-state index in [9.17, 15) is 8.42 Å². The molecule has 0 spiro atoms. The van der Waals surface area contributed by atoms with Crippen LogP contribution in [0, 0.1) is 12.8 Å². The van der Waals surface area contributed by atoms with Gasteiger partial charge in [0.15, 0.2) is 5.76 Å². The van der Waals surface area contributed by atoms with E-state index in [0.29, 0.717) is 19.6 Å². The molecule has 1 aromatic heterocycles. The molecule has 21 heavy (non-hydrogen) atoms. The third-order valence-electron chi connectivity index (χ3n) is 3.97. The first-order valence-corrected chi connectivity index (χ1v) is 9.14. The zero-order valence-corrected chi connectivity index (χ0v) is 13.9. The van der Waals surface area contributed by atoms with Crippen molar-refractivity contribution in [3.8, 4) is 0 Å². The van der Waals surface area contributed by atoms with Gasteiger partial charge in [-0.3, -0.25) is 4.90 Å². The molecule has 0 aromatic carbocycles. The number of aryl methyl sites for hydroxylation is 1. The van der Waals surface area contributed by atoms with Crippen LogP contribution in [-0.4, -0.2) is 54.7 Å². The number of aromatic nitrogens is 1. The second-order valence-corrected chi connectivity index (χ2v) is 7.92. The molecule has 0 radical (unpaired) electrons. The molecular weight excluding hydrogens is 290 g/mol. The zero-order valence-electron chi connectivity index (χ0n) is 13.1. The van der Waals surface area contributed by atoms with E-state index in [-0.39, 0.29) is 11.7 Å². The summed E-state index contributed by atoms with van der Waals surface area (Å²) in [7, 11) is -3.12. The van der Waals surface area contributed by atoms with Crippen molar-refractivity contribution in [3.63, 3.8) is 0 Å². The average molecular weight is 315 g/mol. The average Bonchev–Trinajstić information content (AvgIpc) is 2.84. The Kier molecular flexibility index (Phi) is 5.40.